The molecule has 1 spiro atoms. The quantitative estimate of drug-likeness (QED) is 0.794. The summed E-state index contributed by atoms with van der Waals surface area (Å²) in [5.74, 6) is 0.532. The van der Waals surface area contributed by atoms with Crippen LogP contribution >= 0.6 is 0 Å². The van der Waals surface area contributed by atoms with Gasteiger partial charge >= 0.3 is 0 Å². The second-order valence-corrected chi connectivity index (χ2v) is 8.70. The zero-order valence-electron chi connectivity index (χ0n) is 16.3. The molecule has 6 nitrogen and oxygen atoms in total. The second-order valence-electron chi connectivity index (χ2n) is 8.70. The van der Waals surface area contributed by atoms with Crippen LogP contribution in [0.25, 0.3) is 0 Å². The Bertz CT molecular complexity index is 691. The third-order valence-electron chi connectivity index (χ3n) is 6.30. The molecule has 1 saturated carbocycles. The van der Waals surface area contributed by atoms with Crippen LogP contribution in [-0.4, -0.2) is 70.8 Å². The summed E-state index contributed by atoms with van der Waals surface area (Å²) < 4.78 is 0. The van der Waals surface area contributed by atoms with Crippen molar-refractivity contribution in [3.8, 4) is 0 Å². The first-order valence-electron chi connectivity index (χ1n) is 10.2. The first kappa shape index (κ1) is 18.4. The minimum Gasteiger partial charge on any atom is -0.341 e. The SMILES string of the molecule is CN(CC(=O)N1CCCC2(CCC(=O)N(C3CC3)C2)C1)Cc1ccncc1. The molecule has 27 heavy (non-hydrogen) atoms. The van der Waals surface area contributed by atoms with Gasteiger partial charge in [-0.15, -0.1) is 0 Å². The number of hydrogen-bond acceptors (Lipinski definition) is 4. The molecular formula is C21H30N4O2. The van der Waals surface area contributed by atoms with E-state index in [9.17, 15) is 9.59 Å². The van der Waals surface area contributed by atoms with Gasteiger partial charge in [0.1, 0.15) is 0 Å². The molecule has 0 radical (unpaired) electrons. The molecule has 0 N–H and O–H groups in total. The lowest BCUT2D eigenvalue weighted by molar-refractivity contribution is -0.144. The Morgan fingerprint density at radius 2 is 2.04 bits per heavy atom. The number of rotatable bonds is 5. The number of piperidine rings is 2. The predicted octanol–water partition coefficient (Wildman–Crippen LogP) is 1.91. The highest BCUT2D eigenvalue weighted by atomic mass is 16.2. The van der Waals surface area contributed by atoms with E-state index in [0.717, 1.165) is 58.3 Å². The van der Waals surface area contributed by atoms with E-state index in [1.165, 1.54) is 5.56 Å². The van der Waals surface area contributed by atoms with E-state index in [1.54, 1.807) is 12.4 Å². The van der Waals surface area contributed by atoms with Gasteiger partial charge in [-0.2, -0.15) is 0 Å². The highest BCUT2D eigenvalue weighted by Gasteiger charge is 2.46. The Balaban J connectivity index is 1.34. The van der Waals surface area contributed by atoms with Gasteiger partial charge in [-0.1, -0.05) is 0 Å². The summed E-state index contributed by atoms with van der Waals surface area (Å²) in [6.45, 7) is 3.69. The molecule has 1 aromatic rings. The minimum atomic E-state index is 0.119. The first-order chi connectivity index (χ1) is 13.0. The van der Waals surface area contributed by atoms with E-state index in [4.69, 9.17) is 0 Å². The Morgan fingerprint density at radius 1 is 1.26 bits per heavy atom. The van der Waals surface area contributed by atoms with Crippen LogP contribution in [0.3, 0.4) is 0 Å². The van der Waals surface area contributed by atoms with Crippen molar-refractivity contribution in [1.29, 1.82) is 0 Å². The van der Waals surface area contributed by atoms with Crippen LogP contribution in [0.5, 0.6) is 0 Å². The van der Waals surface area contributed by atoms with Gasteiger partial charge in [0, 0.05) is 56.5 Å². The Labute approximate surface area is 161 Å². The lowest BCUT2D eigenvalue weighted by atomic mass is 9.73. The maximum atomic E-state index is 12.9. The van der Waals surface area contributed by atoms with Crippen LogP contribution in [0.2, 0.25) is 0 Å². The summed E-state index contributed by atoms with van der Waals surface area (Å²) >= 11 is 0. The lowest BCUT2D eigenvalue weighted by Gasteiger charge is -2.48. The lowest BCUT2D eigenvalue weighted by Crippen LogP contribution is -2.56. The molecule has 3 aliphatic rings. The molecule has 4 rings (SSSR count). The number of pyridine rings is 1. The molecule has 0 bridgehead atoms. The number of carbonyl (C=O) groups is 2. The molecule has 146 valence electrons. The molecule has 1 unspecified atom stereocenters. The van der Waals surface area contributed by atoms with E-state index in [-0.39, 0.29) is 11.3 Å². The summed E-state index contributed by atoms with van der Waals surface area (Å²) in [5.41, 5.74) is 1.29. The topological polar surface area (TPSA) is 56.8 Å². The molecule has 1 aromatic heterocycles. The van der Waals surface area contributed by atoms with Crippen molar-refractivity contribution in [1.82, 2.24) is 19.7 Å². The van der Waals surface area contributed by atoms with Crippen molar-refractivity contribution >= 4 is 11.8 Å². The molecule has 2 amide bonds. The fourth-order valence-corrected chi connectivity index (χ4v) is 4.70. The van der Waals surface area contributed by atoms with E-state index in [1.807, 2.05) is 24.1 Å². The number of carbonyl (C=O) groups excluding carboxylic acids is 2. The van der Waals surface area contributed by atoms with E-state index in [0.29, 0.717) is 24.9 Å². The molecule has 1 atom stereocenters. The maximum absolute atomic E-state index is 12.9. The van der Waals surface area contributed by atoms with Gasteiger partial charge in [0.15, 0.2) is 0 Å². The molecule has 6 heteroatoms. The fourth-order valence-electron chi connectivity index (χ4n) is 4.70. The summed E-state index contributed by atoms with van der Waals surface area (Å²) in [5, 5.41) is 0. The van der Waals surface area contributed by atoms with Crippen molar-refractivity contribution in [3.05, 3.63) is 30.1 Å². The van der Waals surface area contributed by atoms with Gasteiger partial charge in [0.25, 0.3) is 0 Å². The van der Waals surface area contributed by atoms with Gasteiger partial charge in [-0.3, -0.25) is 19.5 Å². The number of amides is 2. The van der Waals surface area contributed by atoms with Crippen molar-refractivity contribution in [2.75, 3.05) is 33.2 Å². The summed E-state index contributed by atoms with van der Waals surface area (Å²) in [4.78, 5) is 35.5. The molecule has 0 aromatic carbocycles. The van der Waals surface area contributed by atoms with Crippen molar-refractivity contribution in [2.24, 2.45) is 5.41 Å². The first-order valence-corrected chi connectivity index (χ1v) is 10.2. The standard InChI is InChI=1S/C21H30N4O2/c1-23(13-17-6-10-22-11-7-17)14-20(27)24-12-2-8-21(15-24)9-5-19(26)25(16-21)18-3-4-18/h6-7,10-11,18H,2-5,8-9,12-16H2,1H3. The van der Waals surface area contributed by atoms with Gasteiger partial charge in [-0.25, -0.2) is 0 Å². The summed E-state index contributed by atoms with van der Waals surface area (Å²) in [7, 11) is 1.99. The monoisotopic (exact) mass is 370 g/mol. The van der Waals surface area contributed by atoms with Gasteiger partial charge in [0.2, 0.25) is 11.8 Å². The highest BCUT2D eigenvalue weighted by molar-refractivity contribution is 5.79. The number of nitrogens with zero attached hydrogens (tertiary/aromatic N) is 4. The number of likely N-dealkylation sites (tertiary alicyclic amines) is 2. The maximum Gasteiger partial charge on any atom is 0.236 e. The number of aromatic nitrogens is 1. The molecule has 3 fully saturated rings. The third kappa shape index (κ3) is 4.32. The highest BCUT2D eigenvalue weighted by Crippen LogP contribution is 2.42. The average molecular weight is 370 g/mol. The van der Waals surface area contributed by atoms with E-state index >= 15 is 0 Å². The Kier molecular flexibility index (Phi) is 5.17. The minimum absolute atomic E-state index is 0.119. The van der Waals surface area contributed by atoms with Crippen molar-refractivity contribution in [2.45, 2.75) is 51.1 Å². The van der Waals surface area contributed by atoms with Crippen LogP contribution in [0, 0.1) is 5.41 Å². The van der Waals surface area contributed by atoms with Crippen LogP contribution in [0.1, 0.15) is 44.1 Å². The van der Waals surface area contributed by atoms with Crippen LogP contribution < -0.4 is 0 Å². The summed E-state index contributed by atoms with van der Waals surface area (Å²) in [6, 6.07) is 4.46. The van der Waals surface area contributed by atoms with Crippen LogP contribution in [0.15, 0.2) is 24.5 Å². The van der Waals surface area contributed by atoms with Crippen LogP contribution in [0.4, 0.5) is 0 Å². The van der Waals surface area contributed by atoms with E-state index in [2.05, 4.69) is 14.8 Å². The average Bonchev–Trinajstić information content (AvgIpc) is 3.50. The zero-order chi connectivity index (χ0) is 18.9. The van der Waals surface area contributed by atoms with Crippen LogP contribution in [-0.2, 0) is 16.1 Å². The predicted molar refractivity (Wildman–Crippen MR) is 103 cm³/mol. The zero-order valence-corrected chi connectivity index (χ0v) is 16.3. The number of likely N-dealkylation sites (N-methyl/N-ethyl adjacent to an activating group) is 1. The molecule has 3 heterocycles. The molecule has 2 saturated heterocycles. The van der Waals surface area contributed by atoms with Gasteiger partial charge in [-0.05, 0) is 56.8 Å². The van der Waals surface area contributed by atoms with Crippen molar-refractivity contribution < 1.29 is 9.59 Å². The third-order valence-corrected chi connectivity index (χ3v) is 6.30. The summed E-state index contributed by atoms with van der Waals surface area (Å²) in [6.07, 6.45) is 9.66. The normalized spacial score (nSPS) is 26.1. The Morgan fingerprint density at radius 3 is 2.78 bits per heavy atom. The Hall–Kier alpha value is -1.95. The largest absolute Gasteiger partial charge is 0.341 e. The van der Waals surface area contributed by atoms with Gasteiger partial charge in [0.05, 0.1) is 6.54 Å². The fraction of sp³-hybridized carbons (Fsp3) is 0.667. The molecule has 2 aliphatic heterocycles. The van der Waals surface area contributed by atoms with Gasteiger partial charge < -0.3 is 9.80 Å². The van der Waals surface area contributed by atoms with E-state index < -0.39 is 0 Å². The smallest absolute Gasteiger partial charge is 0.236 e. The molecular weight excluding hydrogens is 340 g/mol. The molecule has 1 aliphatic carbocycles. The second kappa shape index (κ2) is 7.58. The van der Waals surface area contributed by atoms with Crippen molar-refractivity contribution in [3.63, 3.8) is 0 Å². The number of hydrogen-bond donors (Lipinski definition) is 0.